The van der Waals surface area contributed by atoms with E-state index in [2.05, 4.69) is 21.9 Å². The highest BCUT2D eigenvalue weighted by Gasteiger charge is 2.16. The zero-order chi connectivity index (χ0) is 13.0. The second-order valence-corrected chi connectivity index (χ2v) is 4.12. The largest absolute Gasteiger partial charge is 0.476 e. The Kier molecular flexibility index (Phi) is 4.20. The minimum Gasteiger partial charge on any atom is -0.476 e. The summed E-state index contributed by atoms with van der Waals surface area (Å²) >= 11 is 0. The van der Waals surface area contributed by atoms with E-state index in [4.69, 9.17) is 5.11 Å². The lowest BCUT2D eigenvalue weighted by atomic mass is 10.2. The minimum atomic E-state index is -1.06. The van der Waals surface area contributed by atoms with Crippen LogP contribution >= 0.6 is 0 Å². The van der Waals surface area contributed by atoms with Gasteiger partial charge in [0.2, 0.25) is 0 Å². The first-order valence-electron chi connectivity index (χ1n) is 5.45. The number of aromatic carboxylic acids is 1. The molecule has 1 aromatic rings. The Morgan fingerprint density at radius 1 is 1.53 bits per heavy atom. The van der Waals surface area contributed by atoms with Crippen LogP contribution < -0.4 is 5.32 Å². The predicted octanol–water partition coefficient (Wildman–Crippen LogP) is 2.28. The van der Waals surface area contributed by atoms with Crippen LogP contribution in [0.1, 0.15) is 43.0 Å². The third-order valence-electron chi connectivity index (χ3n) is 2.26. The van der Waals surface area contributed by atoms with Crippen molar-refractivity contribution < 1.29 is 9.90 Å². The van der Waals surface area contributed by atoms with E-state index in [9.17, 15) is 4.79 Å². The summed E-state index contributed by atoms with van der Waals surface area (Å²) in [5.74, 6) is -0.439. The second kappa shape index (κ2) is 5.43. The number of nitrogens with zero attached hydrogens (tertiary/aromatic N) is 2. The van der Waals surface area contributed by atoms with Gasteiger partial charge in [0.1, 0.15) is 5.82 Å². The van der Waals surface area contributed by atoms with Crippen LogP contribution in [0.25, 0.3) is 0 Å². The van der Waals surface area contributed by atoms with E-state index in [1.165, 1.54) is 6.20 Å². The Labute approximate surface area is 101 Å². The van der Waals surface area contributed by atoms with Crippen LogP contribution in [-0.4, -0.2) is 27.1 Å². The first-order valence-corrected chi connectivity index (χ1v) is 5.45. The maximum atomic E-state index is 11.1. The van der Waals surface area contributed by atoms with Crippen molar-refractivity contribution in [1.29, 1.82) is 0 Å². The highest BCUT2D eigenvalue weighted by atomic mass is 16.4. The van der Waals surface area contributed by atoms with Gasteiger partial charge in [-0.05, 0) is 6.92 Å². The Morgan fingerprint density at radius 3 is 2.65 bits per heavy atom. The quantitative estimate of drug-likeness (QED) is 0.766. The summed E-state index contributed by atoms with van der Waals surface area (Å²) in [6, 6.07) is -0.0402. The van der Waals surface area contributed by atoms with Crippen molar-refractivity contribution in [2.24, 2.45) is 0 Å². The number of carbonyl (C=O) groups is 1. The third kappa shape index (κ3) is 3.27. The van der Waals surface area contributed by atoms with E-state index in [0.717, 1.165) is 0 Å². The number of hydrogen-bond acceptors (Lipinski definition) is 4. The van der Waals surface area contributed by atoms with Crippen LogP contribution in [0.3, 0.4) is 0 Å². The van der Waals surface area contributed by atoms with Crippen molar-refractivity contribution in [2.75, 3.05) is 5.32 Å². The van der Waals surface area contributed by atoms with E-state index in [1.807, 2.05) is 20.8 Å². The molecule has 0 aliphatic rings. The van der Waals surface area contributed by atoms with Gasteiger partial charge in [-0.2, -0.15) is 0 Å². The molecule has 0 aromatic carbocycles. The molecule has 2 N–H and O–H groups in total. The topological polar surface area (TPSA) is 75.1 Å². The van der Waals surface area contributed by atoms with Gasteiger partial charge in [-0.15, -0.1) is 6.58 Å². The fourth-order valence-electron chi connectivity index (χ4n) is 1.25. The summed E-state index contributed by atoms with van der Waals surface area (Å²) in [6.07, 6.45) is 3.19. The van der Waals surface area contributed by atoms with Gasteiger partial charge in [0.05, 0.1) is 11.9 Å². The molecule has 1 rings (SSSR count). The second-order valence-electron chi connectivity index (χ2n) is 4.12. The van der Waals surface area contributed by atoms with Crippen LogP contribution in [0.5, 0.6) is 0 Å². The summed E-state index contributed by atoms with van der Waals surface area (Å²) in [4.78, 5) is 19.3. The Hall–Kier alpha value is -1.91. The van der Waals surface area contributed by atoms with Crippen molar-refractivity contribution in [3.8, 4) is 0 Å². The van der Waals surface area contributed by atoms with E-state index < -0.39 is 5.97 Å². The number of carboxylic acid groups (broad SMARTS) is 1. The molecule has 5 nitrogen and oxygen atoms in total. The van der Waals surface area contributed by atoms with Gasteiger partial charge in [-0.25, -0.2) is 14.8 Å². The molecule has 0 amide bonds. The number of nitrogens with one attached hydrogen (secondary N) is 1. The molecule has 0 saturated carbocycles. The first-order chi connectivity index (χ1) is 7.95. The molecular formula is C12H17N3O2. The molecule has 1 unspecified atom stereocenters. The number of rotatable bonds is 5. The molecule has 17 heavy (non-hydrogen) atoms. The van der Waals surface area contributed by atoms with Crippen molar-refractivity contribution in [3.05, 3.63) is 30.4 Å². The summed E-state index contributed by atoms with van der Waals surface area (Å²) in [5, 5.41) is 12.1. The SMILES string of the molecule is C=CC(C)Nc1cnc(C(C)C)nc1C(=O)O. The van der Waals surface area contributed by atoms with Gasteiger partial charge in [-0.3, -0.25) is 0 Å². The van der Waals surface area contributed by atoms with Crippen LogP contribution in [0.15, 0.2) is 18.9 Å². The van der Waals surface area contributed by atoms with Gasteiger partial charge >= 0.3 is 5.97 Å². The molecule has 0 spiro atoms. The molecule has 1 atom stereocenters. The van der Waals surface area contributed by atoms with Gasteiger partial charge < -0.3 is 10.4 Å². The summed E-state index contributed by atoms with van der Waals surface area (Å²) in [7, 11) is 0. The van der Waals surface area contributed by atoms with Gasteiger partial charge in [-0.1, -0.05) is 19.9 Å². The molecule has 0 aliphatic carbocycles. The maximum Gasteiger partial charge on any atom is 0.356 e. The van der Waals surface area contributed by atoms with Crippen LogP contribution in [0.4, 0.5) is 5.69 Å². The van der Waals surface area contributed by atoms with Gasteiger partial charge in [0.15, 0.2) is 5.69 Å². The van der Waals surface area contributed by atoms with E-state index in [1.54, 1.807) is 6.08 Å². The van der Waals surface area contributed by atoms with Gasteiger partial charge in [0.25, 0.3) is 0 Å². The average molecular weight is 235 g/mol. The van der Waals surface area contributed by atoms with Crippen molar-refractivity contribution >= 4 is 11.7 Å². The van der Waals surface area contributed by atoms with Crippen molar-refractivity contribution in [3.63, 3.8) is 0 Å². The van der Waals surface area contributed by atoms with Crippen molar-refractivity contribution in [1.82, 2.24) is 9.97 Å². The average Bonchev–Trinajstić information content (AvgIpc) is 2.28. The highest BCUT2D eigenvalue weighted by Crippen LogP contribution is 2.17. The zero-order valence-corrected chi connectivity index (χ0v) is 10.3. The lowest BCUT2D eigenvalue weighted by Gasteiger charge is -2.13. The lowest BCUT2D eigenvalue weighted by Crippen LogP contribution is -2.17. The Bertz CT molecular complexity index is 430. The molecule has 0 aliphatic heterocycles. The molecule has 0 saturated heterocycles. The summed E-state index contributed by atoms with van der Waals surface area (Å²) in [6.45, 7) is 9.33. The summed E-state index contributed by atoms with van der Waals surface area (Å²) < 4.78 is 0. The van der Waals surface area contributed by atoms with Gasteiger partial charge in [0, 0.05) is 12.0 Å². The van der Waals surface area contributed by atoms with Crippen LogP contribution in [0.2, 0.25) is 0 Å². The first kappa shape index (κ1) is 13.2. The fraction of sp³-hybridized carbons (Fsp3) is 0.417. The Morgan fingerprint density at radius 2 is 2.18 bits per heavy atom. The van der Waals surface area contributed by atoms with E-state index >= 15 is 0 Å². The fourth-order valence-corrected chi connectivity index (χ4v) is 1.25. The molecule has 0 fully saturated rings. The van der Waals surface area contributed by atoms with Crippen LogP contribution in [-0.2, 0) is 0 Å². The van der Waals surface area contributed by atoms with Crippen molar-refractivity contribution in [2.45, 2.75) is 32.7 Å². The highest BCUT2D eigenvalue weighted by molar-refractivity contribution is 5.91. The maximum absolute atomic E-state index is 11.1. The molecular weight excluding hydrogens is 218 g/mol. The molecule has 0 bridgehead atoms. The number of aromatic nitrogens is 2. The monoisotopic (exact) mass is 235 g/mol. The number of carboxylic acids is 1. The molecule has 0 radical (unpaired) electrons. The minimum absolute atomic E-state index is 0.00241. The Balaban J connectivity index is 3.13. The molecule has 1 heterocycles. The molecule has 92 valence electrons. The van der Waals surface area contributed by atoms with E-state index in [0.29, 0.717) is 11.5 Å². The standard InChI is InChI=1S/C12H17N3O2/c1-5-8(4)14-9-6-13-11(7(2)3)15-10(9)12(16)17/h5-8,14H,1H2,2-4H3,(H,16,17). The lowest BCUT2D eigenvalue weighted by molar-refractivity contribution is 0.0691. The number of anilines is 1. The normalized spacial score (nSPS) is 12.2. The predicted molar refractivity (Wildman–Crippen MR) is 66.4 cm³/mol. The molecule has 5 heteroatoms. The third-order valence-corrected chi connectivity index (χ3v) is 2.26. The van der Waals surface area contributed by atoms with E-state index in [-0.39, 0.29) is 17.7 Å². The van der Waals surface area contributed by atoms with Crippen LogP contribution in [0, 0.1) is 0 Å². The number of hydrogen-bond donors (Lipinski definition) is 2. The summed E-state index contributed by atoms with van der Waals surface area (Å²) in [5.41, 5.74) is 0.409. The molecule has 1 aromatic heterocycles. The zero-order valence-electron chi connectivity index (χ0n) is 10.3. The smallest absolute Gasteiger partial charge is 0.356 e.